The summed E-state index contributed by atoms with van der Waals surface area (Å²) in [6, 6.07) is 0.604. The van der Waals surface area contributed by atoms with Crippen LogP contribution in [0.5, 0.6) is 0 Å². The van der Waals surface area contributed by atoms with Gasteiger partial charge in [-0.2, -0.15) is 0 Å². The molecule has 2 N–H and O–H groups in total. The molecule has 20 heavy (non-hydrogen) atoms. The first-order valence-electron chi connectivity index (χ1n) is 5.08. The number of anilines is 1. The number of rotatable bonds is 3. The highest BCUT2D eigenvalue weighted by molar-refractivity contribution is 7.94. The first kappa shape index (κ1) is 14.6. The summed E-state index contributed by atoms with van der Waals surface area (Å²) in [6.45, 7) is 1.34. The minimum absolute atomic E-state index is 0.0653. The molecule has 5 nitrogen and oxygen atoms in total. The van der Waals surface area contributed by atoms with Gasteiger partial charge in [0.2, 0.25) is 0 Å². The minimum Gasteiger partial charge on any atom is -0.315 e. The van der Waals surface area contributed by atoms with E-state index in [1.165, 1.54) is 6.92 Å². The highest BCUT2D eigenvalue weighted by Gasteiger charge is 2.23. The van der Waals surface area contributed by atoms with Gasteiger partial charge >= 0.3 is 4.87 Å². The lowest BCUT2D eigenvalue weighted by molar-refractivity contribution is 0.496. The molecule has 1 aromatic carbocycles. The van der Waals surface area contributed by atoms with Crippen LogP contribution in [-0.4, -0.2) is 13.4 Å². The van der Waals surface area contributed by atoms with E-state index in [0.717, 1.165) is 0 Å². The minimum atomic E-state index is -4.27. The van der Waals surface area contributed by atoms with E-state index in [-0.39, 0.29) is 16.0 Å². The van der Waals surface area contributed by atoms with Gasteiger partial charge in [0.05, 0.1) is 5.69 Å². The maximum Gasteiger partial charge on any atom is 0.306 e. The first-order valence-corrected chi connectivity index (χ1v) is 7.38. The van der Waals surface area contributed by atoms with Gasteiger partial charge in [0.25, 0.3) is 10.0 Å². The fraction of sp³-hybridized carbons (Fsp3) is 0.100. The van der Waals surface area contributed by atoms with Crippen molar-refractivity contribution in [2.24, 2.45) is 0 Å². The molecule has 0 radical (unpaired) electrons. The van der Waals surface area contributed by atoms with Crippen molar-refractivity contribution in [3.05, 3.63) is 44.9 Å². The van der Waals surface area contributed by atoms with Crippen LogP contribution in [0.1, 0.15) is 5.69 Å². The van der Waals surface area contributed by atoms with Crippen LogP contribution in [0, 0.1) is 24.4 Å². The Hall–Kier alpha value is -1.81. The average Bonchev–Trinajstić information content (AvgIpc) is 2.66. The van der Waals surface area contributed by atoms with Crippen molar-refractivity contribution < 1.29 is 21.6 Å². The zero-order chi connectivity index (χ0) is 15.1. The highest BCUT2D eigenvalue weighted by atomic mass is 32.2. The summed E-state index contributed by atoms with van der Waals surface area (Å²) >= 11 is 0.402. The molecule has 0 bridgehead atoms. The Labute approximate surface area is 115 Å². The van der Waals surface area contributed by atoms with Crippen molar-refractivity contribution in [1.29, 1.82) is 0 Å². The molecule has 0 spiro atoms. The Morgan fingerprint density at radius 3 is 2.30 bits per heavy atom. The van der Waals surface area contributed by atoms with E-state index in [2.05, 4.69) is 4.98 Å². The number of hydrogen-bond acceptors (Lipinski definition) is 4. The zero-order valence-electron chi connectivity index (χ0n) is 9.83. The van der Waals surface area contributed by atoms with Crippen molar-refractivity contribution in [2.75, 3.05) is 4.72 Å². The number of nitrogens with one attached hydrogen (secondary N) is 2. The van der Waals surface area contributed by atoms with Gasteiger partial charge in [-0.25, -0.2) is 21.6 Å². The highest BCUT2D eigenvalue weighted by Crippen LogP contribution is 2.24. The Morgan fingerprint density at radius 2 is 1.75 bits per heavy atom. The van der Waals surface area contributed by atoms with Crippen molar-refractivity contribution in [1.82, 2.24) is 4.98 Å². The van der Waals surface area contributed by atoms with E-state index >= 15 is 0 Å². The van der Waals surface area contributed by atoms with E-state index in [0.29, 0.717) is 17.4 Å². The number of thiazole rings is 1. The molecule has 0 saturated carbocycles. The largest absolute Gasteiger partial charge is 0.315 e. The van der Waals surface area contributed by atoms with Gasteiger partial charge in [-0.05, 0) is 6.92 Å². The van der Waals surface area contributed by atoms with Gasteiger partial charge in [0.1, 0.15) is 5.82 Å². The van der Waals surface area contributed by atoms with Crippen molar-refractivity contribution in [3.8, 4) is 0 Å². The molecular formula is C10H7F3N2O3S2. The molecule has 0 fully saturated rings. The molecule has 0 saturated heterocycles. The lowest BCUT2D eigenvalue weighted by Crippen LogP contribution is -2.14. The molecular weight excluding hydrogens is 317 g/mol. The molecule has 2 rings (SSSR count). The van der Waals surface area contributed by atoms with Crippen LogP contribution in [0.3, 0.4) is 0 Å². The number of benzene rings is 1. The van der Waals surface area contributed by atoms with Crippen LogP contribution in [-0.2, 0) is 10.0 Å². The van der Waals surface area contributed by atoms with Gasteiger partial charge in [-0.1, -0.05) is 11.3 Å². The van der Waals surface area contributed by atoms with Crippen molar-refractivity contribution in [2.45, 2.75) is 11.1 Å². The number of sulfonamides is 1. The van der Waals surface area contributed by atoms with Crippen LogP contribution < -0.4 is 9.60 Å². The topological polar surface area (TPSA) is 79.0 Å². The third-order valence-corrected chi connectivity index (χ3v) is 5.25. The number of H-pyrrole nitrogens is 1. The Bertz CT molecular complexity index is 827. The third kappa shape index (κ3) is 2.70. The Balaban J connectivity index is 2.46. The molecule has 0 atom stereocenters. The molecule has 0 aliphatic carbocycles. The Kier molecular flexibility index (Phi) is 3.61. The summed E-state index contributed by atoms with van der Waals surface area (Å²) in [5, 5.41) is 0. The molecule has 108 valence electrons. The van der Waals surface area contributed by atoms with Gasteiger partial charge in [0, 0.05) is 17.8 Å². The number of hydrogen-bond donors (Lipinski definition) is 2. The molecule has 1 heterocycles. The quantitative estimate of drug-likeness (QED) is 0.847. The van der Waals surface area contributed by atoms with Gasteiger partial charge < -0.3 is 4.98 Å². The second kappa shape index (κ2) is 4.94. The number of halogens is 3. The van der Waals surface area contributed by atoms with Crippen molar-refractivity contribution >= 4 is 27.0 Å². The molecule has 10 heteroatoms. The first-order chi connectivity index (χ1) is 9.20. The molecule has 0 unspecified atom stereocenters. The zero-order valence-corrected chi connectivity index (χ0v) is 11.5. The standard InChI is InChI=1S/C10H7F3N2O3S2/c1-4-9(19-10(16)14-4)20(17,18)15-8-3-6(12)5(11)2-7(8)13/h2-3,15H,1H3,(H,14,16). The predicted octanol–water partition coefficient (Wildman–Crippen LogP) is 1.96. The lowest BCUT2D eigenvalue weighted by atomic mass is 10.3. The average molecular weight is 324 g/mol. The summed E-state index contributed by atoms with van der Waals surface area (Å²) in [4.78, 5) is 12.7. The van der Waals surface area contributed by atoms with Crippen LogP contribution in [0.4, 0.5) is 18.9 Å². The normalized spacial score (nSPS) is 11.6. The van der Waals surface area contributed by atoms with E-state index in [1.54, 1.807) is 4.72 Å². The van der Waals surface area contributed by atoms with Gasteiger partial charge in [-0.3, -0.25) is 9.52 Å². The third-order valence-electron chi connectivity index (χ3n) is 2.28. The fourth-order valence-electron chi connectivity index (χ4n) is 1.44. The maximum absolute atomic E-state index is 13.4. The summed E-state index contributed by atoms with van der Waals surface area (Å²) in [5.41, 5.74) is -0.681. The molecule has 2 aromatic rings. The number of aromatic amines is 1. The van der Waals surface area contributed by atoms with Gasteiger partial charge in [0.15, 0.2) is 15.8 Å². The number of aromatic nitrogens is 1. The van der Waals surface area contributed by atoms with E-state index < -0.39 is 38.0 Å². The fourth-order valence-corrected chi connectivity index (χ4v) is 3.80. The van der Waals surface area contributed by atoms with E-state index in [4.69, 9.17) is 0 Å². The van der Waals surface area contributed by atoms with Crippen molar-refractivity contribution in [3.63, 3.8) is 0 Å². The van der Waals surface area contributed by atoms with Crippen LogP contribution >= 0.6 is 11.3 Å². The van der Waals surface area contributed by atoms with Crippen LogP contribution in [0.15, 0.2) is 21.1 Å². The maximum atomic E-state index is 13.4. The summed E-state index contributed by atoms with van der Waals surface area (Å²) in [6.07, 6.45) is 0. The molecule has 0 amide bonds. The van der Waals surface area contributed by atoms with Crippen LogP contribution in [0.2, 0.25) is 0 Å². The smallest absolute Gasteiger partial charge is 0.306 e. The SMILES string of the molecule is Cc1[nH]c(=O)sc1S(=O)(=O)Nc1cc(F)c(F)cc1F. The monoisotopic (exact) mass is 324 g/mol. The summed E-state index contributed by atoms with van der Waals surface area (Å²) in [5.74, 6) is -4.11. The van der Waals surface area contributed by atoms with E-state index in [9.17, 15) is 26.4 Å². The Morgan fingerprint density at radius 1 is 1.15 bits per heavy atom. The van der Waals surface area contributed by atoms with Gasteiger partial charge in [-0.15, -0.1) is 0 Å². The molecule has 1 aromatic heterocycles. The summed E-state index contributed by atoms with van der Waals surface area (Å²) in [7, 11) is -4.27. The number of aryl methyl sites for hydroxylation is 1. The lowest BCUT2D eigenvalue weighted by Gasteiger charge is -2.08. The molecule has 0 aliphatic rings. The van der Waals surface area contributed by atoms with Crippen LogP contribution in [0.25, 0.3) is 0 Å². The predicted molar refractivity (Wildman–Crippen MR) is 66.8 cm³/mol. The van der Waals surface area contributed by atoms with E-state index in [1.807, 2.05) is 0 Å². The second-order valence-corrected chi connectivity index (χ2v) is 6.64. The second-order valence-electron chi connectivity index (χ2n) is 3.78. The molecule has 0 aliphatic heterocycles. The summed E-state index contributed by atoms with van der Waals surface area (Å²) < 4.78 is 64.4.